The maximum atomic E-state index is 15.4. The average Bonchev–Trinajstić information content (AvgIpc) is 3.95. The van der Waals surface area contributed by atoms with Crippen LogP contribution < -0.4 is 25.2 Å². The van der Waals surface area contributed by atoms with Gasteiger partial charge in [-0.25, -0.2) is 9.37 Å². The smallest absolute Gasteiger partial charge is 0.254 e. The van der Waals surface area contributed by atoms with Crippen molar-refractivity contribution < 1.29 is 18.7 Å². The van der Waals surface area contributed by atoms with Crippen molar-refractivity contribution in [3.8, 4) is 5.75 Å². The number of hydrogen-bond donors (Lipinski definition) is 2. The summed E-state index contributed by atoms with van der Waals surface area (Å²) in [7, 11) is 3.30. The summed E-state index contributed by atoms with van der Waals surface area (Å²) in [4.78, 5) is 42.5. The maximum absolute atomic E-state index is 15.4. The number of carbonyl (C=O) groups is 2. The second kappa shape index (κ2) is 11.5. The number of halogens is 1. The van der Waals surface area contributed by atoms with Crippen LogP contribution in [0.3, 0.4) is 0 Å². The number of hydrogen-bond acceptors (Lipinski definition) is 8. The van der Waals surface area contributed by atoms with Crippen LogP contribution in [0.4, 0.5) is 27.5 Å². The molecule has 1 spiro atoms. The molecule has 236 valence electrons. The summed E-state index contributed by atoms with van der Waals surface area (Å²) in [6, 6.07) is 3.03. The first-order valence-electron chi connectivity index (χ1n) is 16.4. The normalized spacial score (nSPS) is 22.5. The molecule has 0 bridgehead atoms. The molecule has 4 fully saturated rings. The van der Waals surface area contributed by atoms with Crippen LogP contribution in [0.25, 0.3) is 0 Å². The molecule has 0 radical (unpaired) electrons. The molecule has 2 aromatic rings. The van der Waals surface area contributed by atoms with Gasteiger partial charge in [0.1, 0.15) is 17.3 Å². The highest BCUT2D eigenvalue weighted by molar-refractivity contribution is 6.03. The number of methoxy groups -OCH3 is 1. The van der Waals surface area contributed by atoms with Gasteiger partial charge < -0.3 is 30.1 Å². The molecule has 2 aliphatic heterocycles. The zero-order chi connectivity index (χ0) is 30.5. The van der Waals surface area contributed by atoms with Crippen LogP contribution in [0.2, 0.25) is 0 Å². The highest BCUT2D eigenvalue weighted by Gasteiger charge is 2.55. The van der Waals surface area contributed by atoms with E-state index in [1.54, 1.807) is 11.1 Å². The molecule has 3 aliphatic carbocycles. The van der Waals surface area contributed by atoms with Gasteiger partial charge in [0.15, 0.2) is 5.82 Å². The van der Waals surface area contributed by atoms with E-state index in [0.717, 1.165) is 64.0 Å². The molecule has 0 atom stereocenters. The van der Waals surface area contributed by atoms with Gasteiger partial charge in [-0.2, -0.15) is 4.98 Å². The monoisotopic (exact) mass is 605 g/mol. The topological polar surface area (TPSA) is 103 Å². The Morgan fingerprint density at radius 2 is 1.84 bits per heavy atom. The lowest BCUT2D eigenvalue weighted by atomic mass is 9.93. The summed E-state index contributed by atoms with van der Waals surface area (Å²) >= 11 is 0. The largest absolute Gasteiger partial charge is 0.495 e. The Bertz CT molecular complexity index is 1430. The van der Waals surface area contributed by atoms with Gasteiger partial charge in [0.25, 0.3) is 5.91 Å². The molecule has 10 nitrogen and oxygen atoms in total. The Morgan fingerprint density at radius 1 is 1.09 bits per heavy atom. The minimum atomic E-state index is -0.644. The van der Waals surface area contributed by atoms with E-state index in [1.165, 1.54) is 51.3 Å². The quantitative estimate of drug-likeness (QED) is 0.418. The molecule has 11 heteroatoms. The van der Waals surface area contributed by atoms with E-state index in [1.807, 2.05) is 7.05 Å². The van der Waals surface area contributed by atoms with Crippen molar-refractivity contribution in [2.75, 3.05) is 62.0 Å². The van der Waals surface area contributed by atoms with Crippen LogP contribution in [0.1, 0.15) is 81.0 Å². The summed E-state index contributed by atoms with van der Waals surface area (Å²) in [5.74, 6) is 0.377. The molecular formula is C33H44FN7O3. The lowest BCUT2D eigenvalue weighted by Crippen LogP contribution is -2.43. The molecule has 3 heterocycles. The third-order valence-electron chi connectivity index (χ3n) is 10.6. The minimum absolute atomic E-state index is 0.0504. The van der Waals surface area contributed by atoms with E-state index in [-0.39, 0.29) is 28.2 Å². The molecule has 1 aromatic heterocycles. The number of benzene rings is 1. The zero-order valence-corrected chi connectivity index (χ0v) is 26.0. The predicted molar refractivity (Wildman–Crippen MR) is 167 cm³/mol. The number of anilines is 4. The number of ether oxygens (including phenoxy) is 1. The minimum Gasteiger partial charge on any atom is -0.495 e. The average molecular weight is 606 g/mol. The molecule has 2 amide bonds. The van der Waals surface area contributed by atoms with Crippen molar-refractivity contribution in [1.82, 2.24) is 20.2 Å². The van der Waals surface area contributed by atoms with Crippen molar-refractivity contribution in [1.29, 1.82) is 0 Å². The summed E-state index contributed by atoms with van der Waals surface area (Å²) in [6.45, 7) is 4.44. The Hall–Kier alpha value is -3.47. The van der Waals surface area contributed by atoms with Crippen LogP contribution in [-0.4, -0.2) is 79.6 Å². The summed E-state index contributed by atoms with van der Waals surface area (Å²) in [5, 5.41) is 6.13. The third-order valence-corrected chi connectivity index (χ3v) is 10.6. The SMILES string of the molecule is COc1cc(C(=O)NCC2(CN3CCCC3)CC2)c(F)cc1Nc1ncc2c(n1)N(C1CCCCC1)CC1(CC1)C(=O)N2C. The van der Waals surface area contributed by atoms with E-state index < -0.39 is 11.7 Å². The fraction of sp³-hybridized carbons (Fsp3) is 0.636. The Kier molecular flexibility index (Phi) is 7.63. The molecule has 7 rings (SSSR count). The van der Waals surface area contributed by atoms with Gasteiger partial charge in [-0.3, -0.25) is 9.59 Å². The number of rotatable bonds is 9. The van der Waals surface area contributed by atoms with Gasteiger partial charge >= 0.3 is 0 Å². The Balaban J connectivity index is 1.11. The second-order valence-corrected chi connectivity index (χ2v) is 13.8. The van der Waals surface area contributed by atoms with E-state index >= 15 is 4.39 Å². The number of fused-ring (bicyclic) bond motifs is 1. The maximum Gasteiger partial charge on any atom is 0.254 e. The molecular weight excluding hydrogens is 561 g/mol. The first-order chi connectivity index (χ1) is 21.3. The summed E-state index contributed by atoms with van der Waals surface area (Å²) in [5.41, 5.74) is 0.726. The lowest BCUT2D eigenvalue weighted by Gasteiger charge is -2.36. The number of aromatic nitrogens is 2. The number of carbonyl (C=O) groups excluding carboxylic acids is 2. The van der Waals surface area contributed by atoms with Crippen LogP contribution in [0.5, 0.6) is 5.75 Å². The second-order valence-electron chi connectivity index (χ2n) is 13.8. The fourth-order valence-electron chi connectivity index (χ4n) is 7.49. The number of amides is 2. The van der Waals surface area contributed by atoms with E-state index in [9.17, 15) is 9.59 Å². The third kappa shape index (κ3) is 5.59. The van der Waals surface area contributed by atoms with Gasteiger partial charge in [0.05, 0.1) is 30.0 Å². The van der Waals surface area contributed by atoms with Crippen LogP contribution >= 0.6 is 0 Å². The molecule has 0 unspecified atom stereocenters. The van der Waals surface area contributed by atoms with E-state index in [0.29, 0.717) is 36.3 Å². The Morgan fingerprint density at radius 3 is 2.52 bits per heavy atom. The highest BCUT2D eigenvalue weighted by atomic mass is 19.1. The molecule has 3 saturated carbocycles. The van der Waals surface area contributed by atoms with Crippen molar-refractivity contribution in [2.45, 2.75) is 76.7 Å². The van der Waals surface area contributed by atoms with Gasteiger partial charge in [-0.1, -0.05) is 19.3 Å². The predicted octanol–water partition coefficient (Wildman–Crippen LogP) is 4.87. The summed E-state index contributed by atoms with van der Waals surface area (Å²) < 4.78 is 21.0. The van der Waals surface area contributed by atoms with Crippen LogP contribution in [-0.2, 0) is 4.79 Å². The van der Waals surface area contributed by atoms with Crippen molar-refractivity contribution >= 4 is 35.0 Å². The molecule has 1 saturated heterocycles. The lowest BCUT2D eigenvalue weighted by molar-refractivity contribution is -0.123. The van der Waals surface area contributed by atoms with Gasteiger partial charge in [-0.15, -0.1) is 0 Å². The van der Waals surface area contributed by atoms with Crippen molar-refractivity contribution in [2.24, 2.45) is 10.8 Å². The molecule has 5 aliphatic rings. The first-order valence-corrected chi connectivity index (χ1v) is 16.4. The number of likely N-dealkylation sites (tertiary alicyclic amines) is 1. The van der Waals surface area contributed by atoms with E-state index in [4.69, 9.17) is 9.72 Å². The highest BCUT2D eigenvalue weighted by Crippen LogP contribution is 2.52. The zero-order valence-electron chi connectivity index (χ0n) is 26.0. The molecule has 2 N–H and O–H groups in total. The number of nitrogens with zero attached hydrogens (tertiary/aromatic N) is 5. The standard InChI is InChI=1S/C33H44FN7O3/c1-39-26-18-35-31(38-28(26)41(22-8-4-3-5-9-22)21-33(12-13-33)30(39)43)37-25-17-24(34)23(16-27(25)44-2)29(42)36-19-32(10-11-32)20-40-14-6-7-15-40/h16-18,22H,3-15,19-21H2,1-2H3,(H,36,42)(H,35,37,38). The number of nitrogens with one attached hydrogen (secondary N) is 2. The van der Waals surface area contributed by atoms with Crippen molar-refractivity contribution in [3.05, 3.63) is 29.7 Å². The van der Waals surface area contributed by atoms with Crippen LogP contribution in [0.15, 0.2) is 18.3 Å². The van der Waals surface area contributed by atoms with Gasteiger partial charge in [0, 0.05) is 44.2 Å². The first kappa shape index (κ1) is 29.3. The molecule has 44 heavy (non-hydrogen) atoms. The van der Waals surface area contributed by atoms with Crippen molar-refractivity contribution in [3.63, 3.8) is 0 Å². The van der Waals surface area contributed by atoms with Gasteiger partial charge in [-0.05, 0) is 70.5 Å². The molecule has 1 aromatic carbocycles. The van der Waals surface area contributed by atoms with Gasteiger partial charge in [0.2, 0.25) is 11.9 Å². The fourth-order valence-corrected chi connectivity index (χ4v) is 7.49. The Labute approximate surface area is 258 Å². The van der Waals surface area contributed by atoms with Crippen LogP contribution in [0, 0.1) is 16.6 Å². The van der Waals surface area contributed by atoms with E-state index in [2.05, 4.69) is 25.4 Å². The summed E-state index contributed by atoms with van der Waals surface area (Å²) in [6.07, 6.45) is 13.8.